The first-order valence-electron chi connectivity index (χ1n) is 2.35. The molecule has 9 heavy (non-hydrogen) atoms. The minimum Gasteiger partial charge on any atom is -0.287 e. The van der Waals surface area contributed by atoms with Crippen LogP contribution in [-0.4, -0.2) is 20.9 Å². The standard InChI is InChI=1S/C4H5Cl2NOS/c1-7-3(8)2-4(5,6)9-7/h2H2,1H3. The molecule has 0 saturated carbocycles. The van der Waals surface area contributed by atoms with E-state index < -0.39 is 3.67 Å². The second-order valence-electron chi connectivity index (χ2n) is 1.80. The van der Waals surface area contributed by atoms with Gasteiger partial charge >= 0.3 is 0 Å². The lowest BCUT2D eigenvalue weighted by Crippen LogP contribution is -2.10. The van der Waals surface area contributed by atoms with Crippen molar-refractivity contribution in [3.05, 3.63) is 0 Å². The Morgan fingerprint density at radius 2 is 2.33 bits per heavy atom. The summed E-state index contributed by atoms with van der Waals surface area (Å²) in [5, 5.41) is 0. The Balaban J connectivity index is 2.65. The van der Waals surface area contributed by atoms with E-state index in [4.69, 9.17) is 23.2 Å². The summed E-state index contributed by atoms with van der Waals surface area (Å²) in [7, 11) is 1.65. The molecular weight excluding hydrogens is 181 g/mol. The van der Waals surface area contributed by atoms with Crippen LogP contribution in [-0.2, 0) is 4.79 Å². The van der Waals surface area contributed by atoms with Crippen molar-refractivity contribution in [3.8, 4) is 0 Å². The number of carbonyl (C=O) groups is 1. The monoisotopic (exact) mass is 185 g/mol. The number of alkyl halides is 2. The molecule has 0 N–H and O–H groups in total. The van der Waals surface area contributed by atoms with Gasteiger partial charge in [-0.25, -0.2) is 0 Å². The number of halogens is 2. The zero-order chi connectivity index (χ0) is 7.07. The van der Waals surface area contributed by atoms with Crippen molar-refractivity contribution in [2.75, 3.05) is 7.05 Å². The third-order valence-electron chi connectivity index (χ3n) is 0.979. The maximum Gasteiger partial charge on any atom is 0.236 e. The van der Waals surface area contributed by atoms with Crippen molar-refractivity contribution in [2.45, 2.75) is 10.1 Å². The Hall–Kier alpha value is 0.400. The average molecular weight is 186 g/mol. The van der Waals surface area contributed by atoms with E-state index in [-0.39, 0.29) is 12.3 Å². The lowest BCUT2D eigenvalue weighted by molar-refractivity contribution is -0.124. The van der Waals surface area contributed by atoms with Gasteiger partial charge in [-0.1, -0.05) is 23.2 Å². The topological polar surface area (TPSA) is 20.3 Å². The zero-order valence-electron chi connectivity index (χ0n) is 4.73. The van der Waals surface area contributed by atoms with Crippen LogP contribution in [0, 0.1) is 0 Å². The Morgan fingerprint density at radius 3 is 2.44 bits per heavy atom. The van der Waals surface area contributed by atoms with Crippen molar-refractivity contribution in [2.24, 2.45) is 0 Å². The largest absolute Gasteiger partial charge is 0.287 e. The molecular formula is C4H5Cl2NOS. The quantitative estimate of drug-likeness (QED) is 0.423. The van der Waals surface area contributed by atoms with Gasteiger partial charge in [-0.2, -0.15) is 0 Å². The highest BCUT2D eigenvalue weighted by atomic mass is 35.5. The number of nitrogens with zero attached hydrogens (tertiary/aromatic N) is 1. The van der Waals surface area contributed by atoms with Gasteiger partial charge in [-0.05, 0) is 11.9 Å². The third kappa shape index (κ3) is 1.66. The molecule has 52 valence electrons. The summed E-state index contributed by atoms with van der Waals surface area (Å²) in [5.74, 6) is -0.0231. The summed E-state index contributed by atoms with van der Waals surface area (Å²) in [5.41, 5.74) is 0. The normalized spacial score (nSPS) is 25.2. The van der Waals surface area contributed by atoms with E-state index in [1.54, 1.807) is 7.05 Å². The van der Waals surface area contributed by atoms with Crippen LogP contribution in [0.25, 0.3) is 0 Å². The number of rotatable bonds is 0. The lowest BCUT2D eigenvalue weighted by atomic mass is 10.4. The molecule has 0 aliphatic carbocycles. The second kappa shape index (κ2) is 2.22. The number of hydrogen-bond donors (Lipinski definition) is 0. The molecule has 0 aromatic carbocycles. The SMILES string of the molecule is CN1SC(Cl)(Cl)CC1=O. The van der Waals surface area contributed by atoms with Crippen LogP contribution in [0.5, 0.6) is 0 Å². The fourth-order valence-electron chi connectivity index (χ4n) is 0.571. The van der Waals surface area contributed by atoms with Crippen molar-refractivity contribution in [1.82, 2.24) is 4.31 Å². The summed E-state index contributed by atoms with van der Waals surface area (Å²) < 4.78 is 0.520. The van der Waals surface area contributed by atoms with Gasteiger partial charge in [0.1, 0.15) is 0 Å². The van der Waals surface area contributed by atoms with Crippen LogP contribution >= 0.6 is 35.1 Å². The highest BCUT2D eigenvalue weighted by Crippen LogP contribution is 2.45. The van der Waals surface area contributed by atoms with E-state index in [2.05, 4.69) is 0 Å². The van der Waals surface area contributed by atoms with Crippen molar-refractivity contribution < 1.29 is 4.79 Å². The van der Waals surface area contributed by atoms with Gasteiger partial charge in [0, 0.05) is 7.05 Å². The molecule has 0 radical (unpaired) electrons. The molecule has 0 spiro atoms. The summed E-state index contributed by atoms with van der Waals surface area (Å²) in [6, 6.07) is 0. The van der Waals surface area contributed by atoms with Crippen LogP contribution in [0.4, 0.5) is 0 Å². The molecule has 1 amide bonds. The molecule has 0 bridgehead atoms. The predicted molar refractivity (Wildman–Crippen MR) is 39.4 cm³/mol. The smallest absolute Gasteiger partial charge is 0.236 e. The number of amides is 1. The lowest BCUT2D eigenvalue weighted by Gasteiger charge is -2.08. The molecule has 2 nitrogen and oxygen atoms in total. The van der Waals surface area contributed by atoms with Gasteiger partial charge in [0.15, 0.2) is 3.67 Å². The molecule has 1 aliphatic rings. The zero-order valence-corrected chi connectivity index (χ0v) is 7.06. The maximum atomic E-state index is 10.7. The van der Waals surface area contributed by atoms with E-state index in [9.17, 15) is 4.79 Å². The Labute approximate surface area is 67.6 Å². The van der Waals surface area contributed by atoms with Crippen LogP contribution in [0.2, 0.25) is 0 Å². The van der Waals surface area contributed by atoms with Crippen LogP contribution in [0.15, 0.2) is 0 Å². The Bertz CT molecular complexity index is 150. The van der Waals surface area contributed by atoms with E-state index >= 15 is 0 Å². The minimum absolute atomic E-state index is 0.0231. The van der Waals surface area contributed by atoms with Crippen LogP contribution in [0.1, 0.15) is 6.42 Å². The summed E-state index contributed by atoms with van der Waals surface area (Å²) in [4.78, 5) is 10.7. The number of hydrogen-bond acceptors (Lipinski definition) is 2. The van der Waals surface area contributed by atoms with Gasteiger partial charge in [-0.15, -0.1) is 0 Å². The van der Waals surface area contributed by atoms with Crippen molar-refractivity contribution in [1.29, 1.82) is 0 Å². The molecule has 0 atom stereocenters. The molecule has 0 aromatic rings. The van der Waals surface area contributed by atoms with Crippen molar-refractivity contribution >= 4 is 41.1 Å². The van der Waals surface area contributed by atoms with E-state index in [1.165, 1.54) is 4.31 Å². The van der Waals surface area contributed by atoms with Crippen molar-refractivity contribution in [3.63, 3.8) is 0 Å². The summed E-state index contributed by atoms with van der Waals surface area (Å²) in [6.07, 6.45) is 0.206. The van der Waals surface area contributed by atoms with E-state index in [0.29, 0.717) is 0 Å². The molecule has 1 saturated heterocycles. The van der Waals surface area contributed by atoms with Gasteiger partial charge in [-0.3, -0.25) is 9.10 Å². The Morgan fingerprint density at radius 1 is 1.78 bits per heavy atom. The second-order valence-corrected chi connectivity index (χ2v) is 5.16. The van der Waals surface area contributed by atoms with Gasteiger partial charge in [0.25, 0.3) is 0 Å². The molecule has 5 heteroatoms. The van der Waals surface area contributed by atoms with Gasteiger partial charge in [0.05, 0.1) is 6.42 Å². The van der Waals surface area contributed by atoms with Crippen LogP contribution in [0.3, 0.4) is 0 Å². The highest BCUT2D eigenvalue weighted by Gasteiger charge is 2.39. The first kappa shape index (κ1) is 7.51. The fraction of sp³-hybridized carbons (Fsp3) is 0.750. The van der Waals surface area contributed by atoms with E-state index in [1.807, 2.05) is 0 Å². The number of carbonyl (C=O) groups excluding carboxylic acids is 1. The van der Waals surface area contributed by atoms with Gasteiger partial charge in [0.2, 0.25) is 5.91 Å². The molecule has 0 aromatic heterocycles. The summed E-state index contributed by atoms with van der Waals surface area (Å²) >= 11 is 12.4. The Kier molecular flexibility index (Phi) is 1.85. The molecule has 1 aliphatic heterocycles. The average Bonchev–Trinajstić information content (AvgIpc) is 1.79. The molecule has 0 unspecified atom stereocenters. The first-order chi connectivity index (χ1) is 4.01. The minimum atomic E-state index is -0.925. The fourth-order valence-corrected chi connectivity index (χ4v) is 2.18. The third-order valence-corrected chi connectivity index (χ3v) is 2.55. The summed E-state index contributed by atoms with van der Waals surface area (Å²) in [6.45, 7) is 0. The maximum absolute atomic E-state index is 10.7. The molecule has 1 heterocycles. The highest BCUT2D eigenvalue weighted by molar-refractivity contribution is 8.02. The van der Waals surface area contributed by atoms with E-state index in [0.717, 1.165) is 11.9 Å². The first-order valence-corrected chi connectivity index (χ1v) is 3.88. The van der Waals surface area contributed by atoms with Gasteiger partial charge < -0.3 is 0 Å². The molecule has 1 rings (SSSR count). The van der Waals surface area contributed by atoms with Crippen LogP contribution < -0.4 is 0 Å². The predicted octanol–water partition coefficient (Wildman–Crippen LogP) is 1.63. The molecule has 1 fully saturated rings.